The summed E-state index contributed by atoms with van der Waals surface area (Å²) in [5.41, 5.74) is 4.17. The molecule has 2 aromatic carbocycles. The molecule has 0 N–H and O–H groups in total. The second-order valence-corrected chi connectivity index (χ2v) is 4.97. The SMILES string of the molecule is CCCc1c(C)cc(S)c2ccc(C)cc12. The van der Waals surface area contributed by atoms with Crippen LogP contribution < -0.4 is 0 Å². The third kappa shape index (κ3) is 1.97. The van der Waals surface area contributed by atoms with Gasteiger partial charge in [0.05, 0.1) is 0 Å². The summed E-state index contributed by atoms with van der Waals surface area (Å²) in [6.45, 7) is 6.57. The minimum atomic E-state index is 1.09. The molecule has 0 fully saturated rings. The Kier molecular flexibility index (Phi) is 3.25. The van der Waals surface area contributed by atoms with Gasteiger partial charge in [-0.25, -0.2) is 0 Å². The zero-order valence-corrected chi connectivity index (χ0v) is 11.1. The molecule has 84 valence electrons. The van der Waals surface area contributed by atoms with Crippen molar-refractivity contribution in [1.29, 1.82) is 0 Å². The average molecular weight is 230 g/mol. The van der Waals surface area contributed by atoms with Crippen molar-refractivity contribution in [3.8, 4) is 0 Å². The predicted molar refractivity (Wildman–Crippen MR) is 74.7 cm³/mol. The molecule has 0 bridgehead atoms. The number of fused-ring (bicyclic) bond motifs is 1. The third-order valence-electron chi connectivity index (χ3n) is 3.11. The molecular formula is C15H18S. The van der Waals surface area contributed by atoms with Crippen LogP contribution in [0.1, 0.15) is 30.0 Å². The first-order chi connectivity index (χ1) is 7.63. The van der Waals surface area contributed by atoms with E-state index in [0.717, 1.165) is 11.3 Å². The highest BCUT2D eigenvalue weighted by Gasteiger charge is 2.07. The topological polar surface area (TPSA) is 0 Å². The summed E-state index contributed by atoms with van der Waals surface area (Å²) >= 11 is 4.57. The van der Waals surface area contributed by atoms with Crippen LogP contribution in [-0.2, 0) is 6.42 Å². The lowest BCUT2D eigenvalue weighted by Crippen LogP contribution is -1.92. The molecule has 0 spiro atoms. The second-order valence-electron chi connectivity index (χ2n) is 4.49. The molecular weight excluding hydrogens is 212 g/mol. The zero-order chi connectivity index (χ0) is 11.7. The van der Waals surface area contributed by atoms with Gasteiger partial charge in [0, 0.05) is 4.90 Å². The lowest BCUT2D eigenvalue weighted by molar-refractivity contribution is 0.919. The van der Waals surface area contributed by atoms with E-state index in [0.29, 0.717) is 0 Å². The van der Waals surface area contributed by atoms with Crippen molar-refractivity contribution in [2.75, 3.05) is 0 Å². The highest BCUT2D eigenvalue weighted by Crippen LogP contribution is 2.30. The first-order valence-electron chi connectivity index (χ1n) is 5.85. The van der Waals surface area contributed by atoms with Gasteiger partial charge < -0.3 is 0 Å². The van der Waals surface area contributed by atoms with E-state index in [-0.39, 0.29) is 0 Å². The smallest absolute Gasteiger partial charge is 0.0121 e. The Hall–Kier alpha value is -0.950. The van der Waals surface area contributed by atoms with Crippen LogP contribution in [0, 0.1) is 13.8 Å². The first-order valence-corrected chi connectivity index (χ1v) is 6.30. The molecule has 0 saturated heterocycles. The van der Waals surface area contributed by atoms with Gasteiger partial charge in [0.2, 0.25) is 0 Å². The van der Waals surface area contributed by atoms with E-state index in [4.69, 9.17) is 0 Å². The summed E-state index contributed by atoms with van der Waals surface area (Å²) in [5.74, 6) is 0. The lowest BCUT2D eigenvalue weighted by Gasteiger charge is -2.12. The van der Waals surface area contributed by atoms with Crippen molar-refractivity contribution >= 4 is 23.4 Å². The Morgan fingerprint density at radius 2 is 1.81 bits per heavy atom. The minimum absolute atomic E-state index is 1.09. The van der Waals surface area contributed by atoms with Gasteiger partial charge >= 0.3 is 0 Å². The largest absolute Gasteiger partial charge is 0.143 e. The van der Waals surface area contributed by atoms with Crippen LogP contribution in [0.25, 0.3) is 10.8 Å². The van der Waals surface area contributed by atoms with Gasteiger partial charge in [-0.3, -0.25) is 0 Å². The lowest BCUT2D eigenvalue weighted by atomic mass is 9.95. The van der Waals surface area contributed by atoms with Gasteiger partial charge in [-0.15, -0.1) is 12.6 Å². The normalized spacial score (nSPS) is 11.0. The average Bonchev–Trinajstić information content (AvgIpc) is 2.23. The maximum Gasteiger partial charge on any atom is 0.0121 e. The van der Waals surface area contributed by atoms with Crippen LogP contribution >= 0.6 is 12.6 Å². The Morgan fingerprint density at radius 3 is 2.50 bits per heavy atom. The van der Waals surface area contributed by atoms with Crippen molar-refractivity contribution in [2.24, 2.45) is 0 Å². The maximum absolute atomic E-state index is 4.57. The molecule has 0 amide bonds. The second kappa shape index (κ2) is 4.50. The molecule has 0 atom stereocenters. The third-order valence-corrected chi connectivity index (χ3v) is 3.48. The van der Waals surface area contributed by atoms with E-state index in [1.165, 1.54) is 33.9 Å². The molecule has 2 rings (SSSR count). The Morgan fingerprint density at radius 1 is 1.06 bits per heavy atom. The van der Waals surface area contributed by atoms with E-state index in [1.807, 2.05) is 0 Å². The Labute approximate surface area is 103 Å². The molecule has 0 nitrogen and oxygen atoms in total. The van der Waals surface area contributed by atoms with Gasteiger partial charge in [-0.05, 0) is 48.2 Å². The molecule has 0 radical (unpaired) electrons. The molecule has 0 aliphatic carbocycles. The van der Waals surface area contributed by atoms with Gasteiger partial charge in [0.15, 0.2) is 0 Å². The fourth-order valence-electron chi connectivity index (χ4n) is 2.30. The summed E-state index contributed by atoms with van der Waals surface area (Å²) in [7, 11) is 0. The highest BCUT2D eigenvalue weighted by atomic mass is 32.1. The Bertz CT molecular complexity index is 526. The van der Waals surface area contributed by atoms with Crippen LogP contribution in [0.3, 0.4) is 0 Å². The number of benzene rings is 2. The monoisotopic (exact) mass is 230 g/mol. The quantitative estimate of drug-likeness (QED) is 0.710. The van der Waals surface area contributed by atoms with Crippen molar-refractivity contribution in [2.45, 2.75) is 38.5 Å². The van der Waals surface area contributed by atoms with Crippen molar-refractivity contribution in [3.05, 3.63) is 41.0 Å². The summed E-state index contributed by atoms with van der Waals surface area (Å²) in [6, 6.07) is 8.82. The van der Waals surface area contributed by atoms with Crippen LogP contribution in [0.2, 0.25) is 0 Å². The van der Waals surface area contributed by atoms with Crippen LogP contribution in [0.5, 0.6) is 0 Å². The molecule has 2 aromatic rings. The fourth-order valence-corrected chi connectivity index (χ4v) is 2.68. The van der Waals surface area contributed by atoms with E-state index < -0.39 is 0 Å². The Balaban J connectivity index is 2.80. The molecule has 0 aliphatic rings. The number of hydrogen-bond donors (Lipinski definition) is 1. The van der Waals surface area contributed by atoms with Crippen molar-refractivity contribution in [1.82, 2.24) is 0 Å². The number of thiol groups is 1. The van der Waals surface area contributed by atoms with Crippen LogP contribution in [-0.4, -0.2) is 0 Å². The van der Waals surface area contributed by atoms with E-state index in [9.17, 15) is 0 Å². The molecule has 0 aliphatic heterocycles. The zero-order valence-electron chi connectivity index (χ0n) is 10.2. The van der Waals surface area contributed by atoms with Crippen molar-refractivity contribution < 1.29 is 0 Å². The predicted octanol–water partition coefficient (Wildman–Crippen LogP) is 4.70. The van der Waals surface area contributed by atoms with Gasteiger partial charge in [-0.1, -0.05) is 37.1 Å². The molecule has 0 heterocycles. The standard InChI is InChI=1S/C15H18S/c1-4-5-12-11(3)9-15(16)13-7-6-10(2)8-14(12)13/h6-9,16H,4-5H2,1-3H3. The summed E-state index contributed by atoms with van der Waals surface area (Å²) in [4.78, 5) is 1.09. The number of rotatable bonds is 2. The number of aryl methyl sites for hydroxylation is 3. The molecule has 0 unspecified atom stereocenters. The molecule has 1 heteroatoms. The van der Waals surface area contributed by atoms with Gasteiger partial charge in [-0.2, -0.15) is 0 Å². The maximum atomic E-state index is 4.57. The van der Waals surface area contributed by atoms with Crippen LogP contribution in [0.4, 0.5) is 0 Å². The van der Waals surface area contributed by atoms with Gasteiger partial charge in [0.1, 0.15) is 0 Å². The van der Waals surface area contributed by atoms with Crippen molar-refractivity contribution in [3.63, 3.8) is 0 Å². The molecule has 0 saturated carbocycles. The minimum Gasteiger partial charge on any atom is -0.143 e. The molecule has 16 heavy (non-hydrogen) atoms. The fraction of sp³-hybridized carbons (Fsp3) is 0.333. The highest BCUT2D eigenvalue weighted by molar-refractivity contribution is 7.80. The summed E-state index contributed by atoms with van der Waals surface area (Å²) in [5, 5.41) is 2.66. The number of hydrogen-bond acceptors (Lipinski definition) is 1. The van der Waals surface area contributed by atoms with Gasteiger partial charge in [0.25, 0.3) is 0 Å². The molecule has 0 aromatic heterocycles. The summed E-state index contributed by atoms with van der Waals surface area (Å²) in [6.07, 6.45) is 2.34. The van der Waals surface area contributed by atoms with E-state index in [2.05, 4.69) is 57.7 Å². The summed E-state index contributed by atoms with van der Waals surface area (Å²) < 4.78 is 0. The van der Waals surface area contributed by atoms with E-state index in [1.54, 1.807) is 0 Å². The first kappa shape index (κ1) is 11.5. The van der Waals surface area contributed by atoms with Crippen LogP contribution in [0.15, 0.2) is 29.2 Å². The van der Waals surface area contributed by atoms with E-state index >= 15 is 0 Å².